The molecular formula is C13H23NO4. The monoisotopic (exact) mass is 257 g/mol. The fraction of sp³-hybridized carbons (Fsp3) is 0.923. The Labute approximate surface area is 108 Å². The molecule has 0 aromatic heterocycles. The van der Waals surface area contributed by atoms with Crippen LogP contribution in [0.4, 0.5) is 4.79 Å². The lowest BCUT2D eigenvalue weighted by atomic mass is 9.84. The van der Waals surface area contributed by atoms with Crippen LogP contribution >= 0.6 is 0 Å². The van der Waals surface area contributed by atoms with Crippen LogP contribution in [0, 0.1) is 5.92 Å². The van der Waals surface area contributed by atoms with E-state index in [4.69, 9.17) is 9.84 Å². The van der Waals surface area contributed by atoms with Crippen molar-refractivity contribution in [1.29, 1.82) is 0 Å². The molecule has 0 spiro atoms. The van der Waals surface area contributed by atoms with Crippen LogP contribution in [0.2, 0.25) is 0 Å². The van der Waals surface area contributed by atoms with Gasteiger partial charge in [0.25, 0.3) is 0 Å². The van der Waals surface area contributed by atoms with E-state index in [2.05, 4.69) is 0 Å². The van der Waals surface area contributed by atoms with Gasteiger partial charge in [-0.05, 0) is 40.0 Å². The van der Waals surface area contributed by atoms with Crippen LogP contribution in [0.1, 0.15) is 40.0 Å². The zero-order valence-electron chi connectivity index (χ0n) is 11.3. The van der Waals surface area contributed by atoms with Crippen LogP contribution in [-0.2, 0) is 4.74 Å². The molecule has 5 heteroatoms. The summed E-state index contributed by atoms with van der Waals surface area (Å²) in [4.78, 5) is 13.8. The Bertz CT molecular complexity index is 325. The lowest BCUT2D eigenvalue weighted by Crippen LogP contribution is -2.41. The van der Waals surface area contributed by atoms with Gasteiger partial charge < -0.3 is 14.9 Å². The minimum absolute atomic E-state index is 0.0127. The van der Waals surface area contributed by atoms with E-state index in [1.807, 2.05) is 20.8 Å². The summed E-state index contributed by atoms with van der Waals surface area (Å²) in [5.74, 6) is -0.0127. The number of hydrogen-bond donors (Lipinski definition) is 2. The number of ether oxygens (including phenoxy) is 1. The van der Waals surface area contributed by atoms with Crippen molar-refractivity contribution in [3.63, 3.8) is 0 Å². The van der Waals surface area contributed by atoms with E-state index in [1.165, 1.54) is 0 Å². The number of aliphatic hydroxyl groups is 2. The molecule has 1 amide bonds. The van der Waals surface area contributed by atoms with Gasteiger partial charge in [0.1, 0.15) is 5.60 Å². The Balaban J connectivity index is 2.09. The van der Waals surface area contributed by atoms with Gasteiger partial charge in [0.15, 0.2) is 0 Å². The molecule has 2 aliphatic heterocycles. The third kappa shape index (κ3) is 2.34. The summed E-state index contributed by atoms with van der Waals surface area (Å²) in [6.07, 6.45) is 1.40. The summed E-state index contributed by atoms with van der Waals surface area (Å²) in [5, 5.41) is 19.2. The van der Waals surface area contributed by atoms with Gasteiger partial charge in [0.2, 0.25) is 0 Å². The van der Waals surface area contributed by atoms with Crippen LogP contribution in [0.15, 0.2) is 0 Å². The summed E-state index contributed by atoms with van der Waals surface area (Å²) in [6.45, 7) is 5.56. The number of fused-ring (bicyclic) bond motifs is 2. The maximum Gasteiger partial charge on any atom is 0.410 e. The van der Waals surface area contributed by atoms with E-state index in [1.54, 1.807) is 4.90 Å². The lowest BCUT2D eigenvalue weighted by Gasteiger charge is -2.28. The van der Waals surface area contributed by atoms with Crippen LogP contribution in [0.3, 0.4) is 0 Å². The van der Waals surface area contributed by atoms with Gasteiger partial charge in [-0.2, -0.15) is 0 Å². The smallest absolute Gasteiger partial charge is 0.410 e. The van der Waals surface area contributed by atoms with Crippen molar-refractivity contribution in [2.75, 3.05) is 6.61 Å². The second-order valence-electron chi connectivity index (χ2n) is 6.27. The van der Waals surface area contributed by atoms with Gasteiger partial charge in [0, 0.05) is 18.6 Å². The Morgan fingerprint density at radius 1 is 1.33 bits per heavy atom. The summed E-state index contributed by atoms with van der Waals surface area (Å²) in [7, 11) is 0. The van der Waals surface area contributed by atoms with Gasteiger partial charge in [-0.25, -0.2) is 4.79 Å². The van der Waals surface area contributed by atoms with E-state index in [0.717, 1.165) is 12.8 Å². The van der Waals surface area contributed by atoms with E-state index >= 15 is 0 Å². The second kappa shape index (κ2) is 4.70. The van der Waals surface area contributed by atoms with Crippen molar-refractivity contribution in [3.05, 3.63) is 0 Å². The fourth-order valence-electron chi connectivity index (χ4n) is 3.23. The molecule has 18 heavy (non-hydrogen) atoms. The number of hydrogen-bond acceptors (Lipinski definition) is 4. The average molecular weight is 257 g/mol. The summed E-state index contributed by atoms with van der Waals surface area (Å²) < 4.78 is 5.39. The highest BCUT2D eigenvalue weighted by molar-refractivity contribution is 5.70. The molecule has 0 saturated carbocycles. The molecule has 0 aromatic carbocycles. The van der Waals surface area contributed by atoms with Gasteiger partial charge in [-0.15, -0.1) is 0 Å². The minimum atomic E-state index is -0.525. The zero-order chi connectivity index (χ0) is 13.5. The highest BCUT2D eigenvalue weighted by Gasteiger charge is 2.55. The predicted molar refractivity (Wildman–Crippen MR) is 66.1 cm³/mol. The summed E-state index contributed by atoms with van der Waals surface area (Å²) in [6, 6.07) is -0.117. The molecule has 2 N–H and O–H groups in total. The third-order valence-electron chi connectivity index (χ3n) is 3.87. The highest BCUT2D eigenvalue weighted by Crippen LogP contribution is 2.43. The zero-order valence-corrected chi connectivity index (χ0v) is 11.3. The van der Waals surface area contributed by atoms with Gasteiger partial charge in [-0.1, -0.05) is 0 Å². The maximum atomic E-state index is 12.1. The molecule has 2 saturated heterocycles. The first kappa shape index (κ1) is 13.6. The Morgan fingerprint density at radius 3 is 2.50 bits per heavy atom. The van der Waals surface area contributed by atoms with E-state index < -0.39 is 11.7 Å². The minimum Gasteiger partial charge on any atom is -0.444 e. The van der Waals surface area contributed by atoms with Crippen LogP contribution in [0.25, 0.3) is 0 Å². The van der Waals surface area contributed by atoms with Crippen molar-refractivity contribution in [3.8, 4) is 0 Å². The number of carbonyl (C=O) groups excluding carboxylic acids is 1. The van der Waals surface area contributed by atoms with Crippen molar-refractivity contribution in [1.82, 2.24) is 4.90 Å². The number of rotatable bonds is 2. The van der Waals surface area contributed by atoms with Crippen LogP contribution in [0.5, 0.6) is 0 Å². The molecule has 2 aliphatic rings. The van der Waals surface area contributed by atoms with Gasteiger partial charge in [-0.3, -0.25) is 4.90 Å². The van der Waals surface area contributed by atoms with E-state index in [9.17, 15) is 9.90 Å². The Kier molecular flexibility index (Phi) is 3.56. The lowest BCUT2D eigenvalue weighted by molar-refractivity contribution is 0.0170. The molecule has 0 aliphatic carbocycles. The largest absolute Gasteiger partial charge is 0.444 e. The normalized spacial score (nSPS) is 35.1. The highest BCUT2D eigenvalue weighted by atomic mass is 16.6. The molecular weight excluding hydrogens is 234 g/mol. The molecule has 2 heterocycles. The molecule has 0 unspecified atom stereocenters. The predicted octanol–water partition coefficient (Wildman–Crippen LogP) is 1.13. The van der Waals surface area contributed by atoms with Gasteiger partial charge in [0.05, 0.1) is 12.1 Å². The third-order valence-corrected chi connectivity index (χ3v) is 3.87. The molecule has 4 atom stereocenters. The second-order valence-corrected chi connectivity index (χ2v) is 6.27. The first-order valence-corrected chi connectivity index (χ1v) is 6.65. The summed E-state index contributed by atoms with van der Waals surface area (Å²) in [5.41, 5.74) is -0.517. The number of carbonyl (C=O) groups is 1. The molecule has 104 valence electrons. The molecule has 2 rings (SSSR count). The average Bonchev–Trinajstić information content (AvgIpc) is 2.74. The summed E-state index contributed by atoms with van der Waals surface area (Å²) >= 11 is 0. The van der Waals surface area contributed by atoms with Crippen molar-refractivity contribution in [2.45, 2.75) is 63.8 Å². The molecule has 2 bridgehead atoms. The van der Waals surface area contributed by atoms with Crippen molar-refractivity contribution >= 4 is 6.09 Å². The number of nitrogens with zero attached hydrogens (tertiary/aromatic N) is 1. The van der Waals surface area contributed by atoms with Crippen LogP contribution in [-0.4, -0.2) is 51.6 Å². The van der Waals surface area contributed by atoms with Crippen molar-refractivity contribution < 1.29 is 19.7 Å². The van der Waals surface area contributed by atoms with Crippen molar-refractivity contribution in [2.24, 2.45) is 5.92 Å². The topological polar surface area (TPSA) is 70.0 Å². The molecule has 5 nitrogen and oxygen atoms in total. The SMILES string of the molecule is CC(C)(C)OC(=O)N1[C@@H]2CC[C@H]1[C@@H](O)[C@H]2CCO. The Hall–Kier alpha value is -0.810. The quantitative estimate of drug-likeness (QED) is 0.778. The Morgan fingerprint density at radius 2 is 1.94 bits per heavy atom. The molecule has 0 aromatic rings. The van der Waals surface area contributed by atoms with Crippen LogP contribution < -0.4 is 0 Å². The first-order valence-electron chi connectivity index (χ1n) is 6.65. The number of amides is 1. The molecule has 2 fully saturated rings. The van der Waals surface area contributed by atoms with Gasteiger partial charge >= 0.3 is 6.09 Å². The first-order chi connectivity index (χ1) is 8.35. The molecule has 0 radical (unpaired) electrons. The fourth-order valence-corrected chi connectivity index (χ4v) is 3.23. The maximum absolute atomic E-state index is 12.1. The standard InChI is InChI=1S/C13H23NO4/c1-13(2,3)18-12(17)14-9-4-5-10(14)11(16)8(9)6-7-15/h8-11,15-16H,4-7H2,1-3H3/t8-,9+,10-,11-/m0/s1. The van der Waals surface area contributed by atoms with E-state index in [0.29, 0.717) is 6.42 Å². The van der Waals surface area contributed by atoms with E-state index in [-0.39, 0.29) is 30.7 Å². The number of aliphatic hydroxyl groups excluding tert-OH is 2.